The molecule has 6 atom stereocenters. The van der Waals surface area contributed by atoms with E-state index in [4.69, 9.17) is 9.47 Å². The maximum atomic E-state index is 13.8. The van der Waals surface area contributed by atoms with Crippen molar-refractivity contribution in [3.63, 3.8) is 0 Å². The third-order valence-electron chi connectivity index (χ3n) is 8.35. The lowest BCUT2D eigenvalue weighted by Gasteiger charge is -2.43. The number of rotatable bonds is 8. The minimum Gasteiger partial charge on any atom is -0.748 e. The molecule has 6 unspecified atom stereocenters. The number of carbonyl (C=O) groups is 1. The largest absolute Gasteiger partial charge is 0.748 e. The molecule has 34 heavy (non-hydrogen) atoms. The summed E-state index contributed by atoms with van der Waals surface area (Å²) in [6.45, 7) is 3.10. The predicted molar refractivity (Wildman–Crippen MR) is 116 cm³/mol. The minimum absolute atomic E-state index is 0.140. The van der Waals surface area contributed by atoms with E-state index in [1.807, 2.05) is 13.8 Å². The quantitative estimate of drug-likeness (QED) is 0.365. The van der Waals surface area contributed by atoms with Crippen molar-refractivity contribution in [1.82, 2.24) is 0 Å². The van der Waals surface area contributed by atoms with Gasteiger partial charge in [0.1, 0.15) is 18.0 Å². The van der Waals surface area contributed by atoms with Gasteiger partial charge in [-0.25, -0.2) is 13.2 Å². The maximum Gasteiger partial charge on any atom is 0.419 e. The number of hydrogen-bond donors (Lipinski definition) is 0. The lowest BCUT2D eigenvalue weighted by molar-refractivity contribution is -0.141. The highest BCUT2D eigenvalue weighted by Crippen LogP contribution is 2.63. The highest BCUT2D eigenvalue weighted by molar-refractivity contribution is 7.85. The second kappa shape index (κ2) is 9.00. The molecule has 3 aliphatic rings. The van der Waals surface area contributed by atoms with Crippen LogP contribution in [0.1, 0.15) is 68.3 Å². The molecule has 0 radical (unpaired) electrons. The summed E-state index contributed by atoms with van der Waals surface area (Å²) >= 11 is 0. The van der Waals surface area contributed by atoms with Crippen LogP contribution in [0.25, 0.3) is 0 Å². The fourth-order valence-electron chi connectivity index (χ4n) is 6.72. The summed E-state index contributed by atoms with van der Waals surface area (Å²) < 4.78 is 84.5. The van der Waals surface area contributed by atoms with Crippen LogP contribution in [0.15, 0.2) is 18.2 Å². The number of alkyl halides is 3. The zero-order chi connectivity index (χ0) is 24.9. The SMILES string of the molecule is CCC(C)(Oc1cc(C(=O)OCCS(=O)(=O)[O-])ccc1C(F)(F)F)C1CC2CC1C1CCCC21. The number of ether oxygens (including phenoxy) is 2. The topological polar surface area (TPSA) is 92.7 Å². The highest BCUT2D eigenvalue weighted by Gasteiger charge is 2.58. The van der Waals surface area contributed by atoms with Gasteiger partial charge >= 0.3 is 12.1 Å². The van der Waals surface area contributed by atoms with E-state index in [1.54, 1.807) is 0 Å². The fraction of sp³-hybridized carbons (Fsp3) is 0.708. The zero-order valence-corrected chi connectivity index (χ0v) is 20.1. The van der Waals surface area contributed by atoms with Gasteiger partial charge in [0.05, 0.1) is 27.0 Å². The number of carbonyl (C=O) groups excluding carboxylic acids is 1. The molecule has 0 spiro atoms. The first-order valence-electron chi connectivity index (χ1n) is 11.8. The molecule has 3 fully saturated rings. The third kappa shape index (κ3) is 4.94. The molecule has 0 aromatic heterocycles. The van der Waals surface area contributed by atoms with Crippen molar-refractivity contribution < 1.29 is 40.4 Å². The van der Waals surface area contributed by atoms with Crippen molar-refractivity contribution in [2.75, 3.05) is 12.4 Å². The Kier molecular flexibility index (Phi) is 6.70. The Morgan fingerprint density at radius 1 is 1.15 bits per heavy atom. The second-order valence-electron chi connectivity index (χ2n) is 10.1. The van der Waals surface area contributed by atoms with Gasteiger partial charge in [0.25, 0.3) is 0 Å². The molecular weight excluding hydrogens is 473 g/mol. The van der Waals surface area contributed by atoms with Gasteiger partial charge in [0, 0.05) is 5.92 Å². The van der Waals surface area contributed by atoms with Crippen LogP contribution in [0.2, 0.25) is 0 Å². The first-order valence-corrected chi connectivity index (χ1v) is 13.4. The van der Waals surface area contributed by atoms with Crippen molar-refractivity contribution in [1.29, 1.82) is 0 Å². The monoisotopic (exact) mass is 503 g/mol. The Hall–Kier alpha value is -1.81. The molecule has 6 nitrogen and oxygen atoms in total. The van der Waals surface area contributed by atoms with Gasteiger partial charge in [-0.05, 0) is 80.9 Å². The summed E-state index contributed by atoms with van der Waals surface area (Å²) in [5.41, 5.74) is -2.01. The smallest absolute Gasteiger partial charge is 0.419 e. The van der Waals surface area contributed by atoms with Crippen LogP contribution >= 0.6 is 0 Å². The number of hydrogen-bond acceptors (Lipinski definition) is 6. The van der Waals surface area contributed by atoms with Gasteiger partial charge in [-0.2, -0.15) is 13.2 Å². The van der Waals surface area contributed by atoms with E-state index in [0.29, 0.717) is 24.2 Å². The summed E-state index contributed by atoms with van der Waals surface area (Å²) in [6, 6.07) is 2.75. The zero-order valence-electron chi connectivity index (χ0n) is 19.3. The van der Waals surface area contributed by atoms with Gasteiger partial charge in [0.15, 0.2) is 0 Å². The van der Waals surface area contributed by atoms with E-state index in [0.717, 1.165) is 37.0 Å². The number of fused-ring (bicyclic) bond motifs is 5. The second-order valence-corrected chi connectivity index (χ2v) is 11.7. The molecule has 190 valence electrons. The van der Waals surface area contributed by atoms with Crippen molar-refractivity contribution in [3.05, 3.63) is 29.3 Å². The molecule has 1 aromatic carbocycles. The van der Waals surface area contributed by atoms with E-state index in [2.05, 4.69) is 0 Å². The van der Waals surface area contributed by atoms with E-state index in [-0.39, 0.29) is 11.5 Å². The highest BCUT2D eigenvalue weighted by atomic mass is 32.2. The molecule has 10 heteroatoms. The summed E-state index contributed by atoms with van der Waals surface area (Å²) in [5.74, 6) is 0.186. The molecule has 2 bridgehead atoms. The Bertz CT molecular complexity index is 1040. The molecular formula is C24H30F3O6S-. The van der Waals surface area contributed by atoms with Crippen LogP contribution in [0.5, 0.6) is 5.75 Å². The van der Waals surface area contributed by atoms with Gasteiger partial charge in [0.2, 0.25) is 0 Å². The first kappa shape index (κ1) is 25.3. The minimum atomic E-state index is -4.69. The average Bonchev–Trinajstić information content (AvgIpc) is 3.45. The van der Waals surface area contributed by atoms with Crippen LogP contribution in [0, 0.1) is 29.6 Å². The van der Waals surface area contributed by atoms with E-state index in [9.17, 15) is 30.9 Å². The fourth-order valence-corrected chi connectivity index (χ4v) is 7.01. The molecule has 4 rings (SSSR count). The summed E-state index contributed by atoms with van der Waals surface area (Å²) in [4.78, 5) is 12.3. The lowest BCUT2D eigenvalue weighted by Crippen LogP contribution is -2.45. The van der Waals surface area contributed by atoms with E-state index >= 15 is 0 Å². The van der Waals surface area contributed by atoms with Gasteiger partial charge in [-0.1, -0.05) is 13.3 Å². The van der Waals surface area contributed by atoms with Crippen molar-refractivity contribution in [2.45, 2.75) is 64.1 Å². The van der Waals surface area contributed by atoms with Crippen molar-refractivity contribution in [3.8, 4) is 5.75 Å². The van der Waals surface area contributed by atoms with Gasteiger partial charge in [-0.3, -0.25) is 0 Å². The standard InChI is InChI=1S/C24H31F3O6S/c1-3-23(2,20-12-15-11-18(20)17-6-4-5-16(15)17)33-21-13-14(7-8-19(21)24(25,26)27)22(28)32-9-10-34(29,30)31/h7-8,13,15-18,20H,3-6,9-12H2,1-2H3,(H,29,30,31)/p-1. The van der Waals surface area contributed by atoms with Crippen molar-refractivity contribution >= 4 is 16.1 Å². The van der Waals surface area contributed by atoms with Crippen molar-refractivity contribution in [2.24, 2.45) is 29.6 Å². The Labute approximate surface area is 197 Å². The molecule has 1 aromatic rings. The third-order valence-corrected chi connectivity index (χ3v) is 9.01. The Morgan fingerprint density at radius 2 is 1.85 bits per heavy atom. The summed E-state index contributed by atoms with van der Waals surface area (Å²) in [7, 11) is -4.58. The van der Waals surface area contributed by atoms with Crippen LogP contribution in [0.4, 0.5) is 13.2 Å². The maximum absolute atomic E-state index is 13.8. The molecule has 0 N–H and O–H groups in total. The molecule has 0 aliphatic heterocycles. The van der Waals surface area contributed by atoms with E-state index in [1.165, 1.54) is 19.3 Å². The predicted octanol–water partition coefficient (Wildman–Crippen LogP) is 5.03. The molecule has 3 aliphatic carbocycles. The van der Waals surface area contributed by atoms with Crippen LogP contribution < -0.4 is 4.74 Å². The molecule has 0 amide bonds. The van der Waals surface area contributed by atoms with Crippen LogP contribution in [-0.4, -0.2) is 36.9 Å². The molecule has 0 heterocycles. The number of benzene rings is 1. The summed E-state index contributed by atoms with van der Waals surface area (Å²) in [5, 5.41) is 0. The molecule has 0 saturated heterocycles. The normalized spacial score (nSPS) is 30.1. The van der Waals surface area contributed by atoms with Crippen LogP contribution in [-0.2, 0) is 21.0 Å². The van der Waals surface area contributed by atoms with Gasteiger partial charge < -0.3 is 14.0 Å². The van der Waals surface area contributed by atoms with Gasteiger partial charge in [-0.15, -0.1) is 0 Å². The summed E-state index contributed by atoms with van der Waals surface area (Å²) in [6.07, 6.45) is 1.53. The Balaban J connectivity index is 1.58. The molecule has 3 saturated carbocycles. The number of esters is 1. The van der Waals surface area contributed by atoms with E-state index < -0.39 is 51.5 Å². The average molecular weight is 504 g/mol. The Morgan fingerprint density at radius 3 is 2.50 bits per heavy atom. The van der Waals surface area contributed by atoms with Crippen LogP contribution in [0.3, 0.4) is 0 Å². The first-order chi connectivity index (χ1) is 15.8. The number of halogens is 3. The lowest BCUT2D eigenvalue weighted by atomic mass is 9.68.